The largest absolute Gasteiger partial charge is 0.329 e. The summed E-state index contributed by atoms with van der Waals surface area (Å²) in [5.74, 6) is 3.43. The molecule has 0 aromatic heterocycles. The minimum absolute atomic E-state index is 0.639. The molecule has 0 saturated carbocycles. The van der Waals surface area contributed by atoms with E-state index in [1.807, 2.05) is 11.8 Å². The van der Waals surface area contributed by atoms with Gasteiger partial charge in [0.05, 0.1) is 0 Å². The van der Waals surface area contributed by atoms with Gasteiger partial charge < -0.3 is 5.73 Å². The topological polar surface area (TPSA) is 29.3 Å². The van der Waals surface area contributed by atoms with Gasteiger partial charge in [0.25, 0.3) is 0 Å². The zero-order chi connectivity index (χ0) is 11.1. The smallest absolute Gasteiger partial charge is 0.0226 e. The standard InChI is InChI=1S/C12H26N2S/c1-3-11-5-7-14(10-11)12(9-13)6-8-15-4-2/h11-12H,3-10,13H2,1-2H3. The maximum atomic E-state index is 5.87. The number of nitrogens with zero attached hydrogens (tertiary/aromatic N) is 1. The number of nitrogens with two attached hydrogens (primary N) is 1. The molecule has 1 rings (SSSR count). The quantitative estimate of drug-likeness (QED) is 0.680. The van der Waals surface area contributed by atoms with Gasteiger partial charge in [-0.3, -0.25) is 4.90 Å². The van der Waals surface area contributed by atoms with Gasteiger partial charge in [0.2, 0.25) is 0 Å². The van der Waals surface area contributed by atoms with Crippen LogP contribution in [0.15, 0.2) is 0 Å². The second kappa shape index (κ2) is 7.53. The number of likely N-dealkylation sites (tertiary alicyclic amines) is 1. The first kappa shape index (κ1) is 13.3. The summed E-state index contributed by atoms with van der Waals surface area (Å²) in [6.45, 7) is 7.93. The Morgan fingerprint density at radius 3 is 2.80 bits per heavy atom. The van der Waals surface area contributed by atoms with Gasteiger partial charge in [-0.2, -0.15) is 11.8 Å². The van der Waals surface area contributed by atoms with E-state index >= 15 is 0 Å². The van der Waals surface area contributed by atoms with Crippen LogP contribution in [0.25, 0.3) is 0 Å². The molecule has 2 nitrogen and oxygen atoms in total. The monoisotopic (exact) mass is 230 g/mol. The van der Waals surface area contributed by atoms with Crippen LogP contribution in [0, 0.1) is 5.92 Å². The summed E-state index contributed by atoms with van der Waals surface area (Å²) in [6.07, 6.45) is 3.98. The molecule has 1 aliphatic heterocycles. The van der Waals surface area contributed by atoms with Gasteiger partial charge in [-0.25, -0.2) is 0 Å². The third kappa shape index (κ3) is 4.33. The van der Waals surface area contributed by atoms with Crippen LogP contribution in [0.4, 0.5) is 0 Å². The molecular weight excluding hydrogens is 204 g/mol. The molecule has 0 aromatic carbocycles. The Labute approximate surface area is 99.0 Å². The van der Waals surface area contributed by atoms with Crippen LogP contribution < -0.4 is 5.73 Å². The number of rotatable bonds is 7. The lowest BCUT2D eigenvalue weighted by Crippen LogP contribution is -2.39. The molecular formula is C12H26N2S. The van der Waals surface area contributed by atoms with Crippen LogP contribution in [0.1, 0.15) is 33.1 Å². The van der Waals surface area contributed by atoms with Crippen LogP contribution in [0.2, 0.25) is 0 Å². The fourth-order valence-corrected chi connectivity index (χ4v) is 3.07. The van der Waals surface area contributed by atoms with Crippen LogP contribution in [0.5, 0.6) is 0 Å². The highest BCUT2D eigenvalue weighted by Gasteiger charge is 2.25. The average Bonchev–Trinajstić information content (AvgIpc) is 2.73. The molecule has 1 saturated heterocycles. The first-order valence-corrected chi connectivity index (χ1v) is 7.49. The second-order valence-corrected chi connectivity index (χ2v) is 5.83. The zero-order valence-electron chi connectivity index (χ0n) is 10.2. The number of hydrogen-bond donors (Lipinski definition) is 1. The second-order valence-electron chi connectivity index (χ2n) is 4.43. The highest BCUT2D eigenvalue weighted by atomic mass is 32.2. The van der Waals surface area contributed by atoms with Gasteiger partial charge in [0, 0.05) is 19.1 Å². The summed E-state index contributed by atoms with van der Waals surface area (Å²) in [5.41, 5.74) is 5.87. The molecule has 0 radical (unpaired) electrons. The normalized spacial score (nSPS) is 24.6. The van der Waals surface area contributed by atoms with E-state index in [1.54, 1.807) is 0 Å². The van der Waals surface area contributed by atoms with Gasteiger partial charge >= 0.3 is 0 Å². The summed E-state index contributed by atoms with van der Waals surface area (Å²) in [6, 6.07) is 0.639. The zero-order valence-corrected chi connectivity index (χ0v) is 11.1. The Kier molecular flexibility index (Phi) is 6.69. The van der Waals surface area contributed by atoms with E-state index in [1.165, 1.54) is 43.9 Å². The van der Waals surface area contributed by atoms with Crippen molar-refractivity contribution in [2.24, 2.45) is 11.7 Å². The molecule has 1 fully saturated rings. The molecule has 2 N–H and O–H groups in total. The first-order chi connectivity index (χ1) is 7.31. The third-order valence-electron chi connectivity index (χ3n) is 3.48. The number of hydrogen-bond acceptors (Lipinski definition) is 3. The van der Waals surface area contributed by atoms with Crippen molar-refractivity contribution < 1.29 is 0 Å². The highest BCUT2D eigenvalue weighted by molar-refractivity contribution is 7.99. The molecule has 3 heteroatoms. The lowest BCUT2D eigenvalue weighted by Gasteiger charge is -2.26. The van der Waals surface area contributed by atoms with Crippen LogP contribution >= 0.6 is 11.8 Å². The van der Waals surface area contributed by atoms with Crippen LogP contribution in [0.3, 0.4) is 0 Å². The highest BCUT2D eigenvalue weighted by Crippen LogP contribution is 2.22. The summed E-state index contributed by atoms with van der Waals surface area (Å²) in [4.78, 5) is 2.62. The van der Waals surface area contributed by atoms with E-state index in [0.29, 0.717) is 6.04 Å². The Morgan fingerprint density at radius 1 is 1.47 bits per heavy atom. The molecule has 15 heavy (non-hydrogen) atoms. The molecule has 0 aromatic rings. The van der Waals surface area contributed by atoms with Crippen LogP contribution in [-0.4, -0.2) is 42.1 Å². The molecule has 1 heterocycles. The Hall–Kier alpha value is 0.270. The Balaban J connectivity index is 2.25. The Bertz CT molecular complexity index is 164. The maximum absolute atomic E-state index is 5.87. The molecule has 2 unspecified atom stereocenters. The van der Waals surface area contributed by atoms with Crippen molar-refractivity contribution in [3.8, 4) is 0 Å². The molecule has 0 bridgehead atoms. The first-order valence-electron chi connectivity index (χ1n) is 6.33. The fourth-order valence-electron chi connectivity index (χ4n) is 2.34. The van der Waals surface area contributed by atoms with E-state index in [-0.39, 0.29) is 0 Å². The predicted molar refractivity (Wildman–Crippen MR) is 70.4 cm³/mol. The van der Waals surface area contributed by atoms with Gasteiger partial charge in [-0.15, -0.1) is 0 Å². The summed E-state index contributed by atoms with van der Waals surface area (Å²) < 4.78 is 0. The van der Waals surface area contributed by atoms with Gasteiger partial charge in [0.15, 0.2) is 0 Å². The summed E-state index contributed by atoms with van der Waals surface area (Å²) >= 11 is 2.03. The molecule has 0 aliphatic carbocycles. The lowest BCUT2D eigenvalue weighted by molar-refractivity contribution is 0.233. The third-order valence-corrected chi connectivity index (χ3v) is 4.42. The molecule has 1 aliphatic rings. The van der Waals surface area contributed by atoms with Crippen molar-refractivity contribution >= 4 is 11.8 Å². The van der Waals surface area contributed by atoms with Crippen LogP contribution in [-0.2, 0) is 0 Å². The van der Waals surface area contributed by atoms with Gasteiger partial charge in [0.1, 0.15) is 0 Å². The van der Waals surface area contributed by atoms with Crippen molar-refractivity contribution in [3.05, 3.63) is 0 Å². The Morgan fingerprint density at radius 2 is 2.27 bits per heavy atom. The maximum Gasteiger partial charge on any atom is 0.0226 e. The van der Waals surface area contributed by atoms with Crippen molar-refractivity contribution in [1.29, 1.82) is 0 Å². The van der Waals surface area contributed by atoms with Crippen molar-refractivity contribution in [1.82, 2.24) is 4.90 Å². The molecule has 2 atom stereocenters. The predicted octanol–water partition coefficient (Wildman–Crippen LogP) is 2.19. The van der Waals surface area contributed by atoms with E-state index in [9.17, 15) is 0 Å². The molecule has 0 spiro atoms. The van der Waals surface area contributed by atoms with Crippen molar-refractivity contribution in [2.45, 2.75) is 39.2 Å². The van der Waals surface area contributed by atoms with E-state index in [4.69, 9.17) is 5.73 Å². The number of thioether (sulfide) groups is 1. The van der Waals surface area contributed by atoms with E-state index < -0.39 is 0 Å². The SMILES string of the molecule is CCSCCC(CN)N1CCC(CC)C1. The lowest BCUT2D eigenvalue weighted by atomic mass is 10.1. The minimum atomic E-state index is 0.639. The minimum Gasteiger partial charge on any atom is -0.329 e. The van der Waals surface area contributed by atoms with E-state index in [2.05, 4.69) is 18.7 Å². The van der Waals surface area contributed by atoms with Gasteiger partial charge in [-0.1, -0.05) is 20.3 Å². The summed E-state index contributed by atoms with van der Waals surface area (Å²) in [5, 5.41) is 0. The molecule has 90 valence electrons. The molecule has 0 amide bonds. The van der Waals surface area contributed by atoms with Crippen molar-refractivity contribution in [2.75, 3.05) is 31.1 Å². The average molecular weight is 230 g/mol. The summed E-state index contributed by atoms with van der Waals surface area (Å²) in [7, 11) is 0. The van der Waals surface area contributed by atoms with Gasteiger partial charge in [-0.05, 0) is 36.8 Å². The van der Waals surface area contributed by atoms with E-state index in [0.717, 1.165) is 12.5 Å². The fraction of sp³-hybridized carbons (Fsp3) is 1.00. The van der Waals surface area contributed by atoms with Crippen molar-refractivity contribution in [3.63, 3.8) is 0 Å².